The number of aliphatic hydroxyl groups is 1. The third-order valence-electron chi connectivity index (χ3n) is 8.98. The minimum atomic E-state index is -4.00. The van der Waals surface area contributed by atoms with Gasteiger partial charge in [0.05, 0.1) is 28.9 Å². The average molecular weight is 689 g/mol. The highest BCUT2D eigenvalue weighted by molar-refractivity contribution is 7.92. The van der Waals surface area contributed by atoms with Crippen molar-refractivity contribution in [2.75, 3.05) is 52.1 Å². The molecule has 2 aliphatic heterocycles. The quantitative estimate of drug-likeness (QED) is 0.132. The molecule has 14 nitrogen and oxygen atoms in total. The van der Waals surface area contributed by atoms with Crippen molar-refractivity contribution in [3.8, 4) is 5.75 Å². The van der Waals surface area contributed by atoms with Crippen molar-refractivity contribution in [2.24, 2.45) is 23.1 Å². The molecule has 0 bridgehead atoms. The molecule has 1 aromatic heterocycles. The first-order chi connectivity index (χ1) is 23.5. The van der Waals surface area contributed by atoms with Crippen LogP contribution >= 0.6 is 0 Å². The van der Waals surface area contributed by atoms with Crippen molar-refractivity contribution >= 4 is 39.2 Å². The number of aliphatic hydroxyl groups excluding tert-OH is 1. The van der Waals surface area contributed by atoms with Gasteiger partial charge in [-0.3, -0.25) is 4.31 Å². The number of phenolic OH excluding ortho intramolecular Hbond substituents is 1. The van der Waals surface area contributed by atoms with E-state index in [-0.39, 0.29) is 52.5 Å². The molecule has 49 heavy (non-hydrogen) atoms. The topological polar surface area (TPSA) is 213 Å². The minimum absolute atomic E-state index is 0.0535. The summed E-state index contributed by atoms with van der Waals surface area (Å²) in [6.45, 7) is 4.26. The Kier molecular flexibility index (Phi) is 10.2. The Morgan fingerprint density at radius 2 is 1.59 bits per heavy atom. The predicted octanol–water partition coefficient (Wildman–Crippen LogP) is 2.04. The maximum Gasteiger partial charge on any atom is 0.264 e. The Hall–Kier alpha value is -4.54. The standard InChI is InChI=1S/C34H44N10O4S/c1-22-7-10-28(11-8-22)49(47,48)44(18-23-5-3-2-4-6-23)27-9-12-29(31(46)16-27)38-32-39-33(42-14-13-30(45)24(17-35)19-42)41-34(40-32)43-20-25(36)15-26(37)21-43/h2-12,16,24-26,30,45-46H,13-15,17-21,35-37H2,1H3,(H,38,39,40,41)/t24-,25-,26+,30+/m0/s1. The molecule has 9 N–H and O–H groups in total. The first kappa shape index (κ1) is 34.3. The summed E-state index contributed by atoms with van der Waals surface area (Å²) in [6, 6.07) is 20.2. The maximum atomic E-state index is 14.0. The van der Waals surface area contributed by atoms with Crippen molar-refractivity contribution in [1.82, 2.24) is 15.0 Å². The van der Waals surface area contributed by atoms with Crippen molar-refractivity contribution < 1.29 is 18.6 Å². The van der Waals surface area contributed by atoms with Crippen LogP contribution in [0.25, 0.3) is 0 Å². The number of nitrogens with zero attached hydrogens (tertiary/aromatic N) is 6. The Balaban J connectivity index is 1.33. The van der Waals surface area contributed by atoms with Crippen LogP contribution in [0.1, 0.15) is 24.0 Å². The van der Waals surface area contributed by atoms with Crippen LogP contribution in [-0.4, -0.2) is 84.5 Å². The van der Waals surface area contributed by atoms with Crippen LogP contribution in [0.5, 0.6) is 5.75 Å². The van der Waals surface area contributed by atoms with Gasteiger partial charge in [-0.15, -0.1) is 0 Å². The summed E-state index contributed by atoms with van der Waals surface area (Å²) < 4.78 is 29.2. The largest absolute Gasteiger partial charge is 0.506 e. The first-order valence-electron chi connectivity index (χ1n) is 16.4. The van der Waals surface area contributed by atoms with E-state index in [0.29, 0.717) is 57.5 Å². The summed E-state index contributed by atoms with van der Waals surface area (Å²) in [5, 5.41) is 24.8. The second kappa shape index (κ2) is 14.5. The normalized spacial score (nSPS) is 21.4. The second-order valence-corrected chi connectivity index (χ2v) is 14.7. The summed E-state index contributed by atoms with van der Waals surface area (Å²) in [4.78, 5) is 18.2. The summed E-state index contributed by atoms with van der Waals surface area (Å²) in [7, 11) is -4.00. The fourth-order valence-corrected chi connectivity index (χ4v) is 7.72. The number of aromatic nitrogens is 3. The number of anilines is 5. The second-order valence-electron chi connectivity index (χ2n) is 12.9. The minimum Gasteiger partial charge on any atom is -0.506 e. The lowest BCUT2D eigenvalue weighted by atomic mass is 9.95. The van der Waals surface area contributed by atoms with E-state index in [1.807, 2.05) is 47.1 Å². The number of aryl methyl sites for hydroxylation is 1. The van der Waals surface area contributed by atoms with Crippen LogP contribution in [0.3, 0.4) is 0 Å². The maximum absolute atomic E-state index is 14.0. The monoisotopic (exact) mass is 688 g/mol. The summed E-state index contributed by atoms with van der Waals surface area (Å²) in [5.74, 6) is 0.584. The highest BCUT2D eigenvalue weighted by Gasteiger charge is 2.31. The molecule has 4 atom stereocenters. The number of piperidine rings is 2. The smallest absolute Gasteiger partial charge is 0.264 e. The van der Waals surface area contributed by atoms with Gasteiger partial charge in [-0.1, -0.05) is 48.0 Å². The Morgan fingerprint density at radius 3 is 2.24 bits per heavy atom. The number of phenols is 1. The molecule has 0 saturated carbocycles. The molecule has 260 valence electrons. The van der Waals surface area contributed by atoms with Gasteiger partial charge >= 0.3 is 0 Å². The molecule has 6 rings (SSSR count). The number of sulfonamides is 1. The van der Waals surface area contributed by atoms with Crippen LogP contribution in [0.2, 0.25) is 0 Å². The van der Waals surface area contributed by atoms with E-state index >= 15 is 0 Å². The fraction of sp³-hybridized carbons (Fsp3) is 0.382. The van der Waals surface area contributed by atoms with Gasteiger partial charge in [-0.2, -0.15) is 15.0 Å². The zero-order valence-electron chi connectivity index (χ0n) is 27.4. The number of aromatic hydroxyl groups is 1. The van der Waals surface area contributed by atoms with Crippen LogP contribution in [0.15, 0.2) is 77.7 Å². The molecule has 4 aromatic rings. The van der Waals surface area contributed by atoms with Gasteiger partial charge in [0, 0.05) is 50.2 Å². The van der Waals surface area contributed by atoms with Crippen LogP contribution in [0, 0.1) is 12.8 Å². The lowest BCUT2D eigenvalue weighted by molar-refractivity contribution is 0.0917. The lowest BCUT2D eigenvalue weighted by Gasteiger charge is -2.37. The van der Waals surface area contributed by atoms with Crippen molar-refractivity contribution in [2.45, 2.75) is 49.4 Å². The molecule has 3 aromatic carbocycles. The Labute approximate surface area is 286 Å². The summed E-state index contributed by atoms with van der Waals surface area (Å²) in [5.41, 5.74) is 20.8. The Morgan fingerprint density at radius 1 is 0.918 bits per heavy atom. The zero-order valence-corrected chi connectivity index (χ0v) is 28.2. The summed E-state index contributed by atoms with van der Waals surface area (Å²) in [6.07, 6.45) is 0.686. The highest BCUT2D eigenvalue weighted by Crippen LogP contribution is 2.35. The predicted molar refractivity (Wildman–Crippen MR) is 190 cm³/mol. The third kappa shape index (κ3) is 7.86. The van der Waals surface area contributed by atoms with Crippen LogP contribution < -0.4 is 36.6 Å². The fourth-order valence-electron chi connectivity index (χ4n) is 6.27. The first-order valence-corrected chi connectivity index (χ1v) is 17.8. The molecule has 0 aliphatic carbocycles. The van der Waals surface area contributed by atoms with E-state index < -0.39 is 16.1 Å². The molecular formula is C34H44N10O4S. The average Bonchev–Trinajstić information content (AvgIpc) is 3.08. The van der Waals surface area contributed by atoms with E-state index in [4.69, 9.17) is 22.2 Å². The SMILES string of the molecule is Cc1ccc(S(=O)(=O)N(Cc2ccccc2)c2ccc(Nc3nc(N4C[C@H](N)C[C@H](N)C4)nc(N4CC[C@@H](O)[C@@H](CN)C4)n3)c(O)c2)cc1. The summed E-state index contributed by atoms with van der Waals surface area (Å²) >= 11 is 0. The highest BCUT2D eigenvalue weighted by atomic mass is 32.2. The number of nitrogens with one attached hydrogen (secondary N) is 1. The number of hydrogen-bond acceptors (Lipinski definition) is 13. The number of rotatable bonds is 10. The van der Waals surface area contributed by atoms with Gasteiger partial charge in [-0.05, 0) is 56.1 Å². The van der Waals surface area contributed by atoms with Crippen LogP contribution in [0.4, 0.5) is 29.2 Å². The molecule has 0 unspecified atom stereocenters. The zero-order chi connectivity index (χ0) is 34.7. The number of hydrogen-bond donors (Lipinski definition) is 6. The molecule has 2 fully saturated rings. The molecular weight excluding hydrogens is 645 g/mol. The van der Waals surface area contributed by atoms with Crippen LogP contribution in [-0.2, 0) is 16.6 Å². The lowest BCUT2D eigenvalue weighted by Crippen LogP contribution is -2.53. The van der Waals surface area contributed by atoms with Crippen molar-refractivity contribution in [1.29, 1.82) is 0 Å². The third-order valence-corrected chi connectivity index (χ3v) is 10.8. The van der Waals surface area contributed by atoms with Crippen molar-refractivity contribution in [3.05, 3.63) is 83.9 Å². The molecule has 2 saturated heterocycles. The Bertz CT molecular complexity index is 1840. The molecule has 0 spiro atoms. The number of nitrogens with two attached hydrogens (primary N) is 3. The van der Waals surface area contributed by atoms with E-state index in [1.165, 1.54) is 10.4 Å². The van der Waals surface area contributed by atoms with E-state index in [1.54, 1.807) is 36.4 Å². The molecule has 0 amide bonds. The number of benzene rings is 3. The van der Waals surface area contributed by atoms with Crippen molar-refractivity contribution in [3.63, 3.8) is 0 Å². The van der Waals surface area contributed by atoms with Gasteiger partial charge < -0.3 is 42.5 Å². The van der Waals surface area contributed by atoms with Gasteiger partial charge in [0.25, 0.3) is 10.0 Å². The molecule has 2 aliphatic rings. The van der Waals surface area contributed by atoms with Gasteiger partial charge in [-0.25, -0.2) is 8.42 Å². The van der Waals surface area contributed by atoms with Gasteiger partial charge in [0.2, 0.25) is 17.8 Å². The van der Waals surface area contributed by atoms with E-state index in [2.05, 4.69) is 15.3 Å². The molecule has 0 radical (unpaired) electrons. The van der Waals surface area contributed by atoms with E-state index in [9.17, 15) is 18.6 Å². The van der Waals surface area contributed by atoms with E-state index in [0.717, 1.165) is 11.1 Å². The molecule has 3 heterocycles. The molecule has 15 heteroatoms. The van der Waals surface area contributed by atoms with Gasteiger partial charge in [0.1, 0.15) is 5.75 Å². The van der Waals surface area contributed by atoms with Gasteiger partial charge in [0.15, 0.2) is 0 Å².